The minimum absolute atomic E-state index is 0.0261. The average Bonchev–Trinajstić information content (AvgIpc) is 2.82. The highest BCUT2D eigenvalue weighted by molar-refractivity contribution is 6.39. The maximum Gasteiger partial charge on any atom is 0.335 e. The Morgan fingerprint density at radius 2 is 1.71 bits per heavy atom. The Morgan fingerprint density at radius 1 is 1.03 bits per heavy atom. The number of urea groups is 1. The van der Waals surface area contributed by atoms with E-state index in [9.17, 15) is 23.6 Å². The zero-order chi connectivity index (χ0) is 25.1. The van der Waals surface area contributed by atoms with E-state index < -0.39 is 23.8 Å². The molecule has 4 amide bonds. The van der Waals surface area contributed by atoms with Crippen molar-refractivity contribution in [2.24, 2.45) is 0 Å². The van der Waals surface area contributed by atoms with Gasteiger partial charge in [-0.2, -0.15) is 0 Å². The number of imide groups is 2. The fourth-order valence-electron chi connectivity index (χ4n) is 3.28. The third-order valence-corrected chi connectivity index (χ3v) is 5.34. The highest BCUT2D eigenvalue weighted by Gasteiger charge is 2.36. The molecule has 0 saturated carbocycles. The molecule has 3 aromatic rings. The zero-order valence-electron chi connectivity index (χ0n) is 17.8. The number of amides is 4. The summed E-state index contributed by atoms with van der Waals surface area (Å²) in [6.07, 6.45) is 1.28. The molecule has 0 radical (unpaired) electrons. The van der Waals surface area contributed by atoms with Gasteiger partial charge < -0.3 is 9.84 Å². The number of hydrogen-bond acceptors (Lipinski definition) is 5. The molecule has 1 heterocycles. The Morgan fingerprint density at radius 3 is 2.34 bits per heavy atom. The smallest absolute Gasteiger partial charge is 0.335 e. The number of aromatic carboxylic acids is 1. The number of hydrogen-bond donors (Lipinski definition) is 2. The summed E-state index contributed by atoms with van der Waals surface area (Å²) in [4.78, 5) is 49.4. The summed E-state index contributed by atoms with van der Waals surface area (Å²) in [5, 5.41) is 11.3. The molecular weight excluding hydrogens is 479 g/mol. The molecule has 10 heteroatoms. The number of nitrogens with zero attached hydrogens (tertiary/aromatic N) is 1. The van der Waals surface area contributed by atoms with Crippen LogP contribution in [0.2, 0.25) is 5.02 Å². The van der Waals surface area contributed by atoms with Crippen molar-refractivity contribution >= 4 is 47.2 Å². The maximum absolute atomic E-state index is 13.0. The Labute approximate surface area is 203 Å². The van der Waals surface area contributed by atoms with Crippen molar-refractivity contribution in [1.82, 2.24) is 5.32 Å². The van der Waals surface area contributed by atoms with Gasteiger partial charge in [-0.25, -0.2) is 18.9 Å². The highest BCUT2D eigenvalue weighted by atomic mass is 35.5. The lowest BCUT2D eigenvalue weighted by molar-refractivity contribution is -0.122. The van der Waals surface area contributed by atoms with Gasteiger partial charge in [-0.15, -0.1) is 0 Å². The van der Waals surface area contributed by atoms with Crippen molar-refractivity contribution in [3.63, 3.8) is 0 Å². The molecule has 3 aromatic carbocycles. The Balaban J connectivity index is 1.55. The predicted molar refractivity (Wildman–Crippen MR) is 125 cm³/mol. The average molecular weight is 495 g/mol. The molecule has 0 aliphatic carbocycles. The lowest BCUT2D eigenvalue weighted by Gasteiger charge is -2.26. The number of benzene rings is 3. The second kappa shape index (κ2) is 9.78. The summed E-state index contributed by atoms with van der Waals surface area (Å²) in [6, 6.07) is 14.5. The third-order valence-electron chi connectivity index (χ3n) is 5.05. The molecule has 1 aliphatic heterocycles. The van der Waals surface area contributed by atoms with Crippen LogP contribution in [-0.2, 0) is 16.2 Å². The summed E-state index contributed by atoms with van der Waals surface area (Å²) >= 11 is 6.29. The molecule has 0 spiro atoms. The number of halogens is 2. The van der Waals surface area contributed by atoms with Crippen molar-refractivity contribution in [2.75, 3.05) is 4.90 Å². The van der Waals surface area contributed by atoms with Gasteiger partial charge in [0.2, 0.25) is 0 Å². The SMILES string of the molecule is O=C1NC(=O)N(c2ccc(C(=O)O)cc2)C(=O)/C1=C/c1ccc(OCc2ccc(F)cc2)c(Cl)c1. The lowest BCUT2D eigenvalue weighted by atomic mass is 10.1. The Bertz CT molecular complexity index is 1370. The Hall–Kier alpha value is -4.50. The summed E-state index contributed by atoms with van der Waals surface area (Å²) in [6.45, 7) is 0.152. The molecule has 0 atom stereocenters. The highest BCUT2D eigenvalue weighted by Crippen LogP contribution is 2.28. The van der Waals surface area contributed by atoms with Crippen molar-refractivity contribution in [3.8, 4) is 5.75 Å². The first-order valence-corrected chi connectivity index (χ1v) is 10.5. The van der Waals surface area contributed by atoms with Crippen molar-refractivity contribution in [1.29, 1.82) is 0 Å². The van der Waals surface area contributed by atoms with Crippen LogP contribution in [0.4, 0.5) is 14.9 Å². The third kappa shape index (κ3) is 5.20. The quantitative estimate of drug-likeness (QED) is 0.387. The monoisotopic (exact) mass is 494 g/mol. The second-order valence-electron chi connectivity index (χ2n) is 7.41. The van der Waals surface area contributed by atoms with Crippen LogP contribution < -0.4 is 15.0 Å². The summed E-state index contributed by atoms with van der Waals surface area (Å²) in [5.41, 5.74) is 0.890. The van der Waals surface area contributed by atoms with Crippen LogP contribution in [0.3, 0.4) is 0 Å². The number of carbonyl (C=O) groups excluding carboxylic acids is 3. The topological polar surface area (TPSA) is 113 Å². The molecule has 1 saturated heterocycles. The van der Waals surface area contributed by atoms with E-state index >= 15 is 0 Å². The first-order valence-electron chi connectivity index (χ1n) is 10.1. The summed E-state index contributed by atoms with van der Waals surface area (Å²) < 4.78 is 18.7. The predicted octanol–water partition coefficient (Wildman–Crippen LogP) is 4.42. The number of barbiturate groups is 1. The largest absolute Gasteiger partial charge is 0.487 e. The minimum Gasteiger partial charge on any atom is -0.487 e. The molecule has 35 heavy (non-hydrogen) atoms. The number of nitrogens with one attached hydrogen (secondary N) is 1. The molecule has 0 unspecified atom stereocenters. The van der Waals surface area contributed by atoms with Crippen LogP contribution in [0.25, 0.3) is 6.08 Å². The first-order chi connectivity index (χ1) is 16.7. The minimum atomic E-state index is -1.16. The second-order valence-corrected chi connectivity index (χ2v) is 7.82. The van der Waals surface area contributed by atoms with E-state index in [0.29, 0.717) is 11.3 Å². The van der Waals surface area contributed by atoms with Crippen molar-refractivity contribution < 1.29 is 33.4 Å². The molecule has 1 fully saturated rings. The first kappa shape index (κ1) is 23.7. The Kier molecular flexibility index (Phi) is 6.61. The van der Waals surface area contributed by atoms with Crippen molar-refractivity contribution in [2.45, 2.75) is 6.61 Å². The van der Waals surface area contributed by atoms with Crippen molar-refractivity contribution in [3.05, 3.63) is 99.8 Å². The van der Waals surface area contributed by atoms with Crippen LogP contribution in [-0.4, -0.2) is 28.9 Å². The van der Waals surface area contributed by atoms with Crippen LogP contribution >= 0.6 is 11.6 Å². The maximum atomic E-state index is 13.0. The van der Waals surface area contributed by atoms with Crippen LogP contribution in [0, 0.1) is 5.82 Å². The molecule has 0 bridgehead atoms. The zero-order valence-corrected chi connectivity index (χ0v) is 18.6. The molecule has 0 aromatic heterocycles. The van der Waals surface area contributed by atoms with E-state index in [-0.39, 0.29) is 34.3 Å². The number of ether oxygens (including phenoxy) is 1. The summed E-state index contributed by atoms with van der Waals surface area (Å²) in [5.74, 6) is -2.94. The van der Waals surface area contributed by atoms with E-state index in [1.807, 2.05) is 0 Å². The van der Waals surface area contributed by atoms with Gasteiger partial charge in [-0.3, -0.25) is 14.9 Å². The number of carbonyl (C=O) groups is 4. The van der Waals surface area contributed by atoms with Crippen LogP contribution in [0.15, 0.2) is 72.3 Å². The van der Waals surface area contributed by atoms with Gasteiger partial charge in [0, 0.05) is 0 Å². The molecule has 176 valence electrons. The number of anilines is 1. The van der Waals surface area contributed by atoms with Gasteiger partial charge in [0.1, 0.15) is 23.7 Å². The van der Waals surface area contributed by atoms with E-state index in [1.165, 1.54) is 48.5 Å². The molecular formula is C25H16ClFN2O6. The number of rotatable bonds is 6. The summed E-state index contributed by atoms with van der Waals surface area (Å²) in [7, 11) is 0. The normalized spacial score (nSPS) is 14.7. The van der Waals surface area contributed by atoms with Crippen LogP contribution in [0.5, 0.6) is 5.75 Å². The van der Waals surface area contributed by atoms with E-state index in [1.54, 1.807) is 24.3 Å². The number of carboxylic acid groups (broad SMARTS) is 1. The van der Waals surface area contributed by atoms with E-state index in [2.05, 4.69) is 5.32 Å². The van der Waals surface area contributed by atoms with Gasteiger partial charge in [-0.05, 0) is 65.7 Å². The molecule has 2 N–H and O–H groups in total. The molecule has 8 nitrogen and oxygen atoms in total. The van der Waals surface area contributed by atoms with Crippen LogP contribution in [0.1, 0.15) is 21.5 Å². The molecule has 4 rings (SSSR count). The van der Waals surface area contributed by atoms with E-state index in [4.69, 9.17) is 21.4 Å². The van der Waals surface area contributed by atoms with E-state index in [0.717, 1.165) is 10.5 Å². The fourth-order valence-corrected chi connectivity index (χ4v) is 3.52. The number of carboxylic acids is 1. The van der Waals surface area contributed by atoms with Gasteiger partial charge in [-0.1, -0.05) is 29.8 Å². The standard InChI is InChI=1S/C25H16ClFN2O6/c26-20-12-15(3-10-21(20)35-13-14-1-6-17(27)7-2-14)11-19-22(30)28-25(34)29(23(19)31)18-8-4-16(5-9-18)24(32)33/h1-12H,13H2,(H,32,33)(H,28,30,34)/b19-11+. The lowest BCUT2D eigenvalue weighted by Crippen LogP contribution is -2.54. The molecule has 1 aliphatic rings. The van der Waals surface area contributed by atoms with Gasteiger partial charge >= 0.3 is 12.0 Å². The fraction of sp³-hybridized carbons (Fsp3) is 0.0400. The van der Waals surface area contributed by atoms with Gasteiger partial charge in [0.05, 0.1) is 16.3 Å². The van der Waals surface area contributed by atoms with Gasteiger partial charge in [0.15, 0.2) is 0 Å². The van der Waals surface area contributed by atoms with Gasteiger partial charge in [0.25, 0.3) is 11.8 Å².